The molecule has 0 fully saturated rings. The van der Waals surface area contributed by atoms with Gasteiger partial charge in [-0.2, -0.15) is 0 Å². The van der Waals surface area contributed by atoms with E-state index in [-0.39, 0.29) is 0 Å². The molecule has 0 saturated carbocycles. The van der Waals surface area contributed by atoms with Gasteiger partial charge < -0.3 is 9.80 Å². The molecule has 0 saturated heterocycles. The van der Waals surface area contributed by atoms with E-state index in [1.54, 1.807) is 0 Å². The molecule has 1 aromatic carbocycles. The molecule has 0 heterocycles. The molecule has 3 heteroatoms. The van der Waals surface area contributed by atoms with Crippen LogP contribution in [0.2, 0.25) is 0 Å². The molecule has 0 atom stereocenters. The Hall–Kier alpha value is -1.35. The van der Waals surface area contributed by atoms with Gasteiger partial charge >= 0.3 is 0 Å². The molecular weight excluding hydrogens is 204 g/mol. The summed E-state index contributed by atoms with van der Waals surface area (Å²) in [5.41, 5.74) is 1.10. The third kappa shape index (κ3) is 3.72. The van der Waals surface area contributed by atoms with Crippen molar-refractivity contribution in [1.82, 2.24) is 4.90 Å². The zero-order valence-corrected chi connectivity index (χ0v) is 10.2. The van der Waals surface area contributed by atoms with E-state index in [2.05, 4.69) is 0 Å². The molecule has 0 amide bonds. The Labute approximate surface area is 96.8 Å². The number of hydrogen-bond donors (Lipinski definition) is 0. The van der Waals surface area contributed by atoms with Crippen molar-refractivity contribution in [3.63, 3.8) is 0 Å². The molecule has 0 aliphatic carbocycles. The average Bonchev–Trinajstić information content (AvgIpc) is 2.26. The van der Waals surface area contributed by atoms with E-state index in [0.29, 0.717) is 0 Å². The Bertz CT molecular complexity index is 344. The van der Waals surface area contributed by atoms with Gasteiger partial charge in [-0.3, -0.25) is 0 Å². The first-order chi connectivity index (χ1) is 7.11. The smallest absolute Gasteiger partial charge is 0.107 e. The number of thiocarbonyl (C=S) groups is 1. The molecule has 0 N–H and O–H groups in total. The van der Waals surface area contributed by atoms with Gasteiger partial charge in [-0.05, 0) is 18.2 Å². The molecule has 2 nitrogen and oxygen atoms in total. The number of anilines is 1. The summed E-state index contributed by atoms with van der Waals surface area (Å²) in [7, 11) is 5.92. The van der Waals surface area contributed by atoms with Gasteiger partial charge in [0.05, 0.1) is 0 Å². The summed E-state index contributed by atoms with van der Waals surface area (Å²) in [5, 5.41) is 0. The number of nitrogens with zero attached hydrogens (tertiary/aromatic N) is 2. The fraction of sp³-hybridized carbons (Fsp3) is 0.250. The lowest BCUT2D eigenvalue weighted by molar-refractivity contribution is 0.564. The van der Waals surface area contributed by atoms with Crippen LogP contribution in [-0.4, -0.2) is 31.0 Å². The molecule has 1 rings (SSSR count). The van der Waals surface area contributed by atoms with E-state index in [4.69, 9.17) is 12.2 Å². The van der Waals surface area contributed by atoms with Crippen molar-refractivity contribution in [2.75, 3.05) is 26.0 Å². The largest absolute Gasteiger partial charge is 0.383 e. The first-order valence-electron chi connectivity index (χ1n) is 4.78. The molecule has 0 unspecified atom stereocenters. The summed E-state index contributed by atoms with van der Waals surface area (Å²) >= 11 is 5.29. The number of rotatable bonds is 3. The maximum absolute atomic E-state index is 5.29. The van der Waals surface area contributed by atoms with Gasteiger partial charge in [0.15, 0.2) is 0 Å². The third-order valence-corrected chi connectivity index (χ3v) is 2.40. The van der Waals surface area contributed by atoms with Crippen LogP contribution >= 0.6 is 12.2 Å². The fourth-order valence-corrected chi connectivity index (χ4v) is 1.27. The molecule has 0 aliphatic rings. The zero-order chi connectivity index (χ0) is 11.3. The van der Waals surface area contributed by atoms with Gasteiger partial charge in [0, 0.05) is 33.0 Å². The van der Waals surface area contributed by atoms with Crippen LogP contribution in [0.4, 0.5) is 5.69 Å². The summed E-state index contributed by atoms with van der Waals surface area (Å²) in [4.78, 5) is 4.75. The molecule has 0 radical (unpaired) electrons. The highest BCUT2D eigenvalue weighted by molar-refractivity contribution is 7.81. The minimum absolute atomic E-state index is 0.801. The van der Waals surface area contributed by atoms with Crippen molar-refractivity contribution < 1.29 is 0 Å². The van der Waals surface area contributed by atoms with Gasteiger partial charge in [0.25, 0.3) is 0 Å². The van der Waals surface area contributed by atoms with Crippen LogP contribution in [0.15, 0.2) is 42.6 Å². The van der Waals surface area contributed by atoms with Crippen LogP contribution in [0, 0.1) is 0 Å². The number of likely N-dealkylation sites (N-methyl/N-ethyl adjacent to an activating group) is 1. The van der Waals surface area contributed by atoms with E-state index in [9.17, 15) is 0 Å². The quantitative estimate of drug-likeness (QED) is 0.571. The van der Waals surface area contributed by atoms with Crippen molar-refractivity contribution in [3.05, 3.63) is 42.6 Å². The second-order valence-corrected chi connectivity index (χ2v) is 3.93. The van der Waals surface area contributed by atoms with Crippen LogP contribution in [0.1, 0.15) is 0 Å². The Kier molecular flexibility index (Phi) is 4.31. The maximum atomic E-state index is 5.29. The molecule has 0 bridgehead atoms. The predicted octanol–water partition coefficient (Wildman–Crippen LogP) is 2.53. The van der Waals surface area contributed by atoms with Gasteiger partial charge in [-0.1, -0.05) is 30.4 Å². The summed E-state index contributed by atoms with van der Waals surface area (Å²) in [5.74, 6) is 0. The highest BCUT2D eigenvalue weighted by Crippen LogP contribution is 2.12. The van der Waals surface area contributed by atoms with Crippen LogP contribution < -0.4 is 4.90 Å². The van der Waals surface area contributed by atoms with E-state index in [1.807, 2.05) is 73.6 Å². The lowest BCUT2D eigenvalue weighted by Crippen LogP contribution is -2.22. The summed E-state index contributed by atoms with van der Waals surface area (Å²) in [6.07, 6.45) is 3.87. The second-order valence-electron chi connectivity index (χ2n) is 3.51. The Balaban J connectivity index is 2.69. The van der Waals surface area contributed by atoms with E-state index >= 15 is 0 Å². The van der Waals surface area contributed by atoms with E-state index in [1.165, 1.54) is 0 Å². The summed E-state index contributed by atoms with van der Waals surface area (Å²) < 4.78 is 0. The number of para-hydroxylation sites is 1. The molecular formula is C12H16N2S. The highest BCUT2D eigenvalue weighted by Gasteiger charge is 2.02. The predicted molar refractivity (Wildman–Crippen MR) is 70.3 cm³/mol. The lowest BCUT2D eigenvalue weighted by Gasteiger charge is -2.18. The minimum Gasteiger partial charge on any atom is -0.383 e. The zero-order valence-electron chi connectivity index (χ0n) is 9.34. The molecule has 1 aromatic rings. The van der Waals surface area contributed by atoms with Crippen molar-refractivity contribution >= 4 is 22.9 Å². The van der Waals surface area contributed by atoms with Crippen molar-refractivity contribution in [1.29, 1.82) is 0 Å². The molecule has 0 aromatic heterocycles. The Morgan fingerprint density at radius 2 is 1.73 bits per heavy atom. The van der Waals surface area contributed by atoms with Crippen LogP contribution in [-0.2, 0) is 0 Å². The van der Waals surface area contributed by atoms with Crippen molar-refractivity contribution in [2.24, 2.45) is 0 Å². The average molecular weight is 220 g/mol. The Morgan fingerprint density at radius 1 is 1.13 bits per heavy atom. The standard InChI is InChI=1S/C12H16N2S/c1-13(2)10-9-12(15)14(3)11-7-5-4-6-8-11/h4-10H,1-3H3/b10-9+. The van der Waals surface area contributed by atoms with Gasteiger partial charge in [-0.15, -0.1) is 0 Å². The minimum atomic E-state index is 0.801. The SMILES string of the molecule is CN(C)/C=C/C(=S)N(C)c1ccccc1. The van der Waals surface area contributed by atoms with Gasteiger partial charge in [-0.25, -0.2) is 0 Å². The van der Waals surface area contributed by atoms with Crippen molar-refractivity contribution in [2.45, 2.75) is 0 Å². The first kappa shape index (κ1) is 11.7. The number of hydrogen-bond acceptors (Lipinski definition) is 2. The fourth-order valence-electron chi connectivity index (χ4n) is 1.10. The van der Waals surface area contributed by atoms with Crippen LogP contribution in [0.3, 0.4) is 0 Å². The van der Waals surface area contributed by atoms with Crippen LogP contribution in [0.25, 0.3) is 0 Å². The highest BCUT2D eigenvalue weighted by atomic mass is 32.1. The molecule has 0 aliphatic heterocycles. The third-order valence-electron chi connectivity index (χ3n) is 1.99. The monoisotopic (exact) mass is 220 g/mol. The van der Waals surface area contributed by atoms with E-state index < -0.39 is 0 Å². The normalized spacial score (nSPS) is 10.3. The van der Waals surface area contributed by atoms with Gasteiger partial charge in [0.2, 0.25) is 0 Å². The summed E-state index contributed by atoms with van der Waals surface area (Å²) in [6.45, 7) is 0. The van der Waals surface area contributed by atoms with E-state index in [0.717, 1.165) is 10.7 Å². The van der Waals surface area contributed by atoms with Crippen LogP contribution in [0.5, 0.6) is 0 Å². The lowest BCUT2D eigenvalue weighted by atomic mass is 10.3. The first-order valence-corrected chi connectivity index (χ1v) is 5.19. The Morgan fingerprint density at radius 3 is 2.27 bits per heavy atom. The molecule has 15 heavy (non-hydrogen) atoms. The molecule has 80 valence electrons. The van der Waals surface area contributed by atoms with Crippen molar-refractivity contribution in [3.8, 4) is 0 Å². The van der Waals surface area contributed by atoms with Gasteiger partial charge in [0.1, 0.15) is 4.99 Å². The topological polar surface area (TPSA) is 6.48 Å². The summed E-state index contributed by atoms with van der Waals surface area (Å²) in [6, 6.07) is 10.1. The maximum Gasteiger partial charge on any atom is 0.107 e. The second kappa shape index (κ2) is 5.51. The number of benzene rings is 1. The molecule has 0 spiro atoms.